The van der Waals surface area contributed by atoms with Gasteiger partial charge in [0.25, 0.3) is 0 Å². The Hall–Kier alpha value is -2.31. The lowest BCUT2D eigenvalue weighted by Gasteiger charge is -2.07. The van der Waals surface area contributed by atoms with Gasteiger partial charge in [0, 0.05) is 17.1 Å². The van der Waals surface area contributed by atoms with Gasteiger partial charge in [0.2, 0.25) is 6.79 Å². The average molecular weight is 348 g/mol. The van der Waals surface area contributed by atoms with E-state index in [1.165, 1.54) is 0 Å². The summed E-state index contributed by atoms with van der Waals surface area (Å²) in [5.41, 5.74) is 4.61. The summed E-state index contributed by atoms with van der Waals surface area (Å²) in [5, 5.41) is 8.19. The van der Waals surface area contributed by atoms with Gasteiger partial charge in [-0.25, -0.2) is 0 Å². The SMILES string of the molecule is S=C(NCc1ccc2c(c1)OCO2)N/N=C\c1ccccc1Cl. The molecule has 0 aromatic heterocycles. The lowest BCUT2D eigenvalue weighted by atomic mass is 10.2. The molecule has 5 nitrogen and oxygen atoms in total. The number of fused-ring (bicyclic) bond motifs is 1. The highest BCUT2D eigenvalue weighted by Crippen LogP contribution is 2.32. The molecule has 0 spiro atoms. The number of benzene rings is 2. The van der Waals surface area contributed by atoms with E-state index in [1.807, 2.05) is 36.4 Å². The van der Waals surface area contributed by atoms with E-state index in [-0.39, 0.29) is 6.79 Å². The van der Waals surface area contributed by atoms with Crippen LogP contribution in [0.2, 0.25) is 5.02 Å². The Morgan fingerprint density at radius 3 is 2.91 bits per heavy atom. The summed E-state index contributed by atoms with van der Waals surface area (Å²) in [7, 11) is 0. The van der Waals surface area contributed by atoms with Crippen molar-refractivity contribution in [2.75, 3.05) is 6.79 Å². The molecule has 0 unspecified atom stereocenters. The number of thiocarbonyl (C=S) groups is 1. The predicted octanol–water partition coefficient (Wildman–Crippen LogP) is 3.07. The van der Waals surface area contributed by atoms with Crippen LogP contribution in [0.3, 0.4) is 0 Å². The van der Waals surface area contributed by atoms with Crippen LogP contribution >= 0.6 is 23.8 Å². The van der Waals surface area contributed by atoms with E-state index in [2.05, 4.69) is 15.8 Å². The predicted molar refractivity (Wildman–Crippen MR) is 94.2 cm³/mol. The summed E-state index contributed by atoms with van der Waals surface area (Å²) >= 11 is 11.2. The second-order valence-electron chi connectivity index (χ2n) is 4.76. The lowest BCUT2D eigenvalue weighted by Crippen LogP contribution is -2.31. The fraction of sp³-hybridized carbons (Fsp3) is 0.125. The first-order valence-corrected chi connectivity index (χ1v) is 7.71. The highest BCUT2D eigenvalue weighted by molar-refractivity contribution is 7.80. The van der Waals surface area contributed by atoms with Gasteiger partial charge in [0.05, 0.1) is 6.21 Å². The number of nitrogens with one attached hydrogen (secondary N) is 2. The van der Waals surface area contributed by atoms with Gasteiger partial charge in [0.1, 0.15) is 0 Å². The molecule has 1 aliphatic heterocycles. The van der Waals surface area contributed by atoms with E-state index in [0.29, 0.717) is 16.7 Å². The number of nitrogens with zero attached hydrogens (tertiary/aromatic N) is 1. The normalized spacial score (nSPS) is 12.4. The van der Waals surface area contributed by atoms with Crippen LogP contribution in [0.1, 0.15) is 11.1 Å². The molecule has 2 aromatic rings. The van der Waals surface area contributed by atoms with E-state index in [1.54, 1.807) is 12.3 Å². The molecule has 2 N–H and O–H groups in total. The van der Waals surface area contributed by atoms with Crippen molar-refractivity contribution in [1.29, 1.82) is 0 Å². The second kappa shape index (κ2) is 7.30. The van der Waals surface area contributed by atoms with Crippen molar-refractivity contribution in [3.63, 3.8) is 0 Å². The molecule has 0 saturated heterocycles. The molecule has 0 saturated carbocycles. The molecular formula is C16H14ClN3O2S. The maximum absolute atomic E-state index is 6.04. The Morgan fingerprint density at radius 2 is 2.04 bits per heavy atom. The van der Waals surface area contributed by atoms with Crippen LogP contribution in [-0.4, -0.2) is 18.1 Å². The van der Waals surface area contributed by atoms with E-state index in [4.69, 9.17) is 33.3 Å². The van der Waals surface area contributed by atoms with Crippen LogP contribution in [0.4, 0.5) is 0 Å². The Bertz CT molecular complexity index is 752. The Balaban J connectivity index is 1.49. The van der Waals surface area contributed by atoms with Gasteiger partial charge in [-0.05, 0) is 36.0 Å². The van der Waals surface area contributed by atoms with Crippen molar-refractivity contribution >= 4 is 35.1 Å². The van der Waals surface area contributed by atoms with Crippen LogP contribution in [-0.2, 0) is 6.54 Å². The Kier molecular flexibility index (Phi) is 4.95. The van der Waals surface area contributed by atoms with Crippen LogP contribution in [0.25, 0.3) is 0 Å². The number of halogens is 1. The maximum atomic E-state index is 6.04. The minimum atomic E-state index is 0.267. The zero-order valence-corrected chi connectivity index (χ0v) is 13.7. The van der Waals surface area contributed by atoms with Crippen molar-refractivity contribution in [1.82, 2.24) is 10.7 Å². The van der Waals surface area contributed by atoms with Crippen molar-refractivity contribution in [2.45, 2.75) is 6.54 Å². The smallest absolute Gasteiger partial charge is 0.231 e. The number of hydrogen-bond acceptors (Lipinski definition) is 4. The van der Waals surface area contributed by atoms with Crippen molar-refractivity contribution in [3.8, 4) is 11.5 Å². The fourth-order valence-electron chi connectivity index (χ4n) is 2.01. The molecule has 1 aliphatic rings. The highest BCUT2D eigenvalue weighted by atomic mass is 35.5. The number of ether oxygens (including phenoxy) is 2. The Morgan fingerprint density at radius 1 is 1.22 bits per heavy atom. The largest absolute Gasteiger partial charge is 0.454 e. The standard InChI is InChI=1S/C16H14ClN3O2S/c17-13-4-2-1-3-12(13)9-19-20-16(23)18-8-11-5-6-14-15(7-11)22-10-21-14/h1-7,9H,8,10H2,(H2,18,20,23)/b19-9-. The summed E-state index contributed by atoms with van der Waals surface area (Å²) in [6.07, 6.45) is 1.62. The summed E-state index contributed by atoms with van der Waals surface area (Å²) in [6.45, 7) is 0.826. The van der Waals surface area contributed by atoms with Crippen molar-refractivity contribution in [3.05, 3.63) is 58.6 Å². The lowest BCUT2D eigenvalue weighted by molar-refractivity contribution is 0.174. The molecule has 0 radical (unpaired) electrons. The maximum Gasteiger partial charge on any atom is 0.231 e. The van der Waals surface area contributed by atoms with Gasteiger partial charge in [-0.15, -0.1) is 0 Å². The third kappa shape index (κ3) is 4.12. The molecular weight excluding hydrogens is 334 g/mol. The van der Waals surface area contributed by atoms with Gasteiger partial charge < -0.3 is 14.8 Å². The molecule has 3 rings (SSSR count). The fourth-order valence-corrected chi connectivity index (χ4v) is 2.32. The molecule has 118 valence electrons. The quantitative estimate of drug-likeness (QED) is 0.506. The van der Waals surface area contributed by atoms with Gasteiger partial charge in [-0.3, -0.25) is 5.43 Å². The van der Waals surface area contributed by atoms with E-state index in [9.17, 15) is 0 Å². The molecule has 1 heterocycles. The van der Waals surface area contributed by atoms with E-state index in [0.717, 1.165) is 22.6 Å². The van der Waals surface area contributed by atoms with Crippen LogP contribution in [0.15, 0.2) is 47.6 Å². The van der Waals surface area contributed by atoms with Gasteiger partial charge in [0.15, 0.2) is 16.6 Å². The van der Waals surface area contributed by atoms with E-state index < -0.39 is 0 Å². The zero-order valence-electron chi connectivity index (χ0n) is 12.1. The first-order chi connectivity index (χ1) is 11.2. The summed E-state index contributed by atoms with van der Waals surface area (Å²) in [4.78, 5) is 0. The highest BCUT2D eigenvalue weighted by Gasteiger charge is 2.12. The first kappa shape index (κ1) is 15.6. The molecule has 7 heteroatoms. The molecule has 0 fully saturated rings. The summed E-state index contributed by atoms with van der Waals surface area (Å²) in [5.74, 6) is 1.51. The monoisotopic (exact) mass is 347 g/mol. The molecule has 0 atom stereocenters. The molecule has 0 amide bonds. The number of hydrogen-bond donors (Lipinski definition) is 2. The summed E-state index contributed by atoms with van der Waals surface area (Å²) < 4.78 is 10.6. The number of hydrazone groups is 1. The average Bonchev–Trinajstić information content (AvgIpc) is 3.02. The van der Waals surface area contributed by atoms with Crippen LogP contribution in [0.5, 0.6) is 11.5 Å². The van der Waals surface area contributed by atoms with Crippen molar-refractivity contribution in [2.24, 2.45) is 5.10 Å². The van der Waals surface area contributed by atoms with Crippen LogP contribution < -0.4 is 20.2 Å². The Labute approximate surface area is 144 Å². The van der Waals surface area contributed by atoms with Crippen LogP contribution in [0, 0.1) is 0 Å². The minimum Gasteiger partial charge on any atom is -0.454 e. The third-order valence-electron chi connectivity index (χ3n) is 3.17. The van der Waals surface area contributed by atoms with Gasteiger partial charge in [-0.1, -0.05) is 35.9 Å². The summed E-state index contributed by atoms with van der Waals surface area (Å²) in [6, 6.07) is 13.2. The minimum absolute atomic E-state index is 0.267. The molecule has 0 bridgehead atoms. The third-order valence-corrected chi connectivity index (χ3v) is 3.74. The van der Waals surface area contributed by atoms with Gasteiger partial charge >= 0.3 is 0 Å². The molecule has 0 aliphatic carbocycles. The second-order valence-corrected chi connectivity index (χ2v) is 5.58. The molecule has 2 aromatic carbocycles. The number of rotatable bonds is 4. The first-order valence-electron chi connectivity index (χ1n) is 6.92. The van der Waals surface area contributed by atoms with Crippen molar-refractivity contribution < 1.29 is 9.47 Å². The molecule has 23 heavy (non-hydrogen) atoms. The topological polar surface area (TPSA) is 54.9 Å². The zero-order chi connectivity index (χ0) is 16.1. The van der Waals surface area contributed by atoms with Gasteiger partial charge in [-0.2, -0.15) is 5.10 Å². The van der Waals surface area contributed by atoms with E-state index >= 15 is 0 Å².